The van der Waals surface area contributed by atoms with Crippen molar-refractivity contribution in [2.75, 3.05) is 11.9 Å². The van der Waals surface area contributed by atoms with E-state index in [0.717, 1.165) is 39.7 Å². The van der Waals surface area contributed by atoms with Crippen LogP contribution in [0.5, 0.6) is 0 Å². The van der Waals surface area contributed by atoms with E-state index in [1.165, 1.54) is 0 Å². The highest BCUT2D eigenvalue weighted by molar-refractivity contribution is 5.95. The van der Waals surface area contributed by atoms with Crippen LogP contribution in [0, 0.1) is 5.92 Å². The molecule has 2 N–H and O–H groups in total. The fourth-order valence-corrected chi connectivity index (χ4v) is 2.72. The number of aryl methyl sites for hydroxylation is 1. The molecule has 0 spiro atoms. The van der Waals surface area contributed by atoms with Crippen LogP contribution in [0.3, 0.4) is 0 Å². The molecule has 122 valence electrons. The molecule has 4 aromatic rings. The number of hydrogen-bond acceptors (Lipinski definition) is 5. The van der Waals surface area contributed by atoms with Crippen LogP contribution in [0.25, 0.3) is 33.2 Å². The zero-order chi connectivity index (χ0) is 16.7. The molecule has 0 bridgehead atoms. The van der Waals surface area contributed by atoms with Crippen LogP contribution in [0.1, 0.15) is 13.8 Å². The topological polar surface area (TPSA) is 84.3 Å². The van der Waals surface area contributed by atoms with Crippen molar-refractivity contribution in [1.29, 1.82) is 0 Å². The third-order valence-electron chi connectivity index (χ3n) is 4.02. The van der Waals surface area contributed by atoms with Gasteiger partial charge in [0.05, 0.1) is 5.52 Å². The van der Waals surface area contributed by atoms with E-state index in [4.69, 9.17) is 0 Å². The number of rotatable bonds is 4. The molecule has 0 aliphatic rings. The largest absolute Gasteiger partial charge is 0.354 e. The van der Waals surface area contributed by atoms with Gasteiger partial charge in [-0.05, 0) is 23.6 Å². The molecule has 4 rings (SSSR count). The summed E-state index contributed by atoms with van der Waals surface area (Å²) in [5, 5.41) is 12.4. The fraction of sp³-hybridized carbons (Fsp3) is 0.294. The molecule has 1 aromatic carbocycles. The molecule has 0 atom stereocenters. The lowest BCUT2D eigenvalue weighted by Crippen LogP contribution is -2.10. The van der Waals surface area contributed by atoms with Gasteiger partial charge in [0.25, 0.3) is 0 Å². The van der Waals surface area contributed by atoms with E-state index < -0.39 is 0 Å². The smallest absolute Gasteiger partial charge is 0.224 e. The molecular formula is C17H19N7. The monoisotopic (exact) mass is 321 g/mol. The van der Waals surface area contributed by atoms with Gasteiger partial charge in [0, 0.05) is 36.9 Å². The second-order valence-electron chi connectivity index (χ2n) is 6.35. The van der Waals surface area contributed by atoms with Crippen molar-refractivity contribution in [3.8, 4) is 11.1 Å². The lowest BCUT2D eigenvalue weighted by molar-refractivity contribution is 0.685. The van der Waals surface area contributed by atoms with Gasteiger partial charge in [-0.25, -0.2) is 9.67 Å². The molecule has 7 heteroatoms. The molecule has 0 aliphatic heterocycles. The fourth-order valence-electron chi connectivity index (χ4n) is 2.72. The van der Waals surface area contributed by atoms with Gasteiger partial charge in [-0.3, -0.25) is 0 Å². The van der Waals surface area contributed by atoms with Gasteiger partial charge >= 0.3 is 0 Å². The summed E-state index contributed by atoms with van der Waals surface area (Å²) in [5.74, 6) is 1.19. The highest BCUT2D eigenvalue weighted by atomic mass is 15.4. The number of nitrogens with one attached hydrogen (secondary N) is 2. The van der Waals surface area contributed by atoms with Crippen LogP contribution in [0.2, 0.25) is 0 Å². The van der Waals surface area contributed by atoms with Crippen molar-refractivity contribution < 1.29 is 0 Å². The van der Waals surface area contributed by atoms with Gasteiger partial charge in [-0.2, -0.15) is 4.98 Å². The Hall–Kier alpha value is -2.96. The van der Waals surface area contributed by atoms with Crippen LogP contribution >= 0.6 is 0 Å². The second-order valence-corrected chi connectivity index (χ2v) is 6.35. The lowest BCUT2D eigenvalue weighted by Gasteiger charge is -2.07. The molecule has 7 nitrogen and oxygen atoms in total. The summed E-state index contributed by atoms with van der Waals surface area (Å²) in [4.78, 5) is 12.2. The zero-order valence-corrected chi connectivity index (χ0v) is 13.9. The average Bonchev–Trinajstić information content (AvgIpc) is 3.16. The van der Waals surface area contributed by atoms with Crippen LogP contribution in [-0.2, 0) is 7.05 Å². The lowest BCUT2D eigenvalue weighted by atomic mass is 10.1. The first kappa shape index (κ1) is 14.6. The second kappa shape index (κ2) is 5.59. The first-order valence-electron chi connectivity index (χ1n) is 7.99. The Bertz CT molecular complexity index is 1010. The van der Waals surface area contributed by atoms with Crippen molar-refractivity contribution in [3.05, 3.63) is 30.6 Å². The van der Waals surface area contributed by atoms with Crippen LogP contribution in [0.4, 0.5) is 5.95 Å². The molecule has 0 saturated heterocycles. The van der Waals surface area contributed by atoms with E-state index in [9.17, 15) is 0 Å². The van der Waals surface area contributed by atoms with Crippen LogP contribution in [-0.4, -0.2) is 36.5 Å². The molecule has 0 amide bonds. The Morgan fingerprint density at radius 3 is 3.00 bits per heavy atom. The number of fused-ring (bicyclic) bond motifs is 2. The SMILES string of the molecule is CC(C)CNc1ncc2c(-c3ccc4nnn(C)c4c3)c[nH]c2n1. The van der Waals surface area contributed by atoms with Crippen LogP contribution < -0.4 is 5.32 Å². The summed E-state index contributed by atoms with van der Waals surface area (Å²) in [5.41, 5.74) is 4.87. The minimum Gasteiger partial charge on any atom is -0.354 e. The van der Waals surface area contributed by atoms with Gasteiger partial charge in [-0.15, -0.1) is 5.10 Å². The third kappa shape index (κ3) is 2.47. The maximum absolute atomic E-state index is 4.56. The number of benzene rings is 1. The zero-order valence-electron chi connectivity index (χ0n) is 13.9. The Kier molecular flexibility index (Phi) is 3.41. The first-order valence-corrected chi connectivity index (χ1v) is 7.99. The van der Waals surface area contributed by atoms with Gasteiger partial charge in [-0.1, -0.05) is 25.1 Å². The first-order chi connectivity index (χ1) is 11.6. The molecule has 0 saturated carbocycles. The number of aromatic amines is 1. The molecule has 0 fully saturated rings. The average molecular weight is 321 g/mol. The Morgan fingerprint density at radius 1 is 1.29 bits per heavy atom. The molecule has 0 unspecified atom stereocenters. The van der Waals surface area contributed by atoms with E-state index in [1.807, 2.05) is 31.6 Å². The quantitative estimate of drug-likeness (QED) is 0.603. The molecule has 0 aliphatic carbocycles. The summed E-state index contributed by atoms with van der Waals surface area (Å²) in [6, 6.07) is 6.11. The number of aromatic nitrogens is 6. The maximum Gasteiger partial charge on any atom is 0.224 e. The molecule has 3 heterocycles. The predicted molar refractivity (Wildman–Crippen MR) is 94.7 cm³/mol. The minimum atomic E-state index is 0.544. The van der Waals surface area contributed by atoms with Gasteiger partial charge in [0.15, 0.2) is 0 Å². The molecule has 24 heavy (non-hydrogen) atoms. The van der Waals surface area contributed by atoms with E-state index >= 15 is 0 Å². The summed E-state index contributed by atoms with van der Waals surface area (Å²) in [7, 11) is 1.89. The Labute approximate surface area is 139 Å². The molecular weight excluding hydrogens is 302 g/mol. The van der Waals surface area contributed by atoms with E-state index in [1.54, 1.807) is 4.68 Å². The maximum atomic E-state index is 4.56. The third-order valence-corrected chi connectivity index (χ3v) is 4.02. The van der Waals surface area contributed by atoms with Crippen molar-refractivity contribution in [2.45, 2.75) is 13.8 Å². The van der Waals surface area contributed by atoms with Gasteiger partial charge in [0.1, 0.15) is 11.2 Å². The highest BCUT2D eigenvalue weighted by Gasteiger charge is 2.11. The van der Waals surface area contributed by atoms with E-state index in [0.29, 0.717) is 11.9 Å². The number of nitrogens with zero attached hydrogens (tertiary/aromatic N) is 5. The van der Waals surface area contributed by atoms with Crippen molar-refractivity contribution in [3.63, 3.8) is 0 Å². The molecule has 0 radical (unpaired) electrons. The number of anilines is 1. The minimum absolute atomic E-state index is 0.544. The van der Waals surface area contributed by atoms with E-state index in [2.05, 4.69) is 50.5 Å². The van der Waals surface area contributed by atoms with Crippen molar-refractivity contribution >= 4 is 28.0 Å². The van der Waals surface area contributed by atoms with Gasteiger partial charge < -0.3 is 10.3 Å². The summed E-state index contributed by atoms with van der Waals surface area (Å²) < 4.78 is 1.78. The predicted octanol–water partition coefficient (Wildman–Crippen LogP) is 2.97. The number of hydrogen-bond donors (Lipinski definition) is 2. The van der Waals surface area contributed by atoms with Crippen molar-refractivity contribution in [1.82, 2.24) is 29.9 Å². The normalized spacial score (nSPS) is 11.7. The van der Waals surface area contributed by atoms with Gasteiger partial charge in [0.2, 0.25) is 5.95 Å². The molecule has 3 aromatic heterocycles. The summed E-state index contributed by atoms with van der Waals surface area (Å²) in [6.07, 6.45) is 3.83. The van der Waals surface area contributed by atoms with E-state index in [-0.39, 0.29) is 0 Å². The van der Waals surface area contributed by atoms with Crippen molar-refractivity contribution in [2.24, 2.45) is 13.0 Å². The highest BCUT2D eigenvalue weighted by Crippen LogP contribution is 2.29. The standard InChI is InChI=1S/C17H19N7/c1-10(2)7-19-17-20-9-13-12(8-18-16(13)21-17)11-4-5-14-15(6-11)24(3)23-22-14/h4-6,8-10H,7H2,1-3H3,(H2,18,19,20,21). The van der Waals surface area contributed by atoms with Crippen LogP contribution in [0.15, 0.2) is 30.6 Å². The summed E-state index contributed by atoms with van der Waals surface area (Å²) >= 11 is 0. The number of H-pyrrole nitrogens is 1. The Balaban J connectivity index is 1.74. The summed E-state index contributed by atoms with van der Waals surface area (Å²) in [6.45, 7) is 5.16. The Morgan fingerprint density at radius 2 is 2.17 bits per heavy atom.